The molecule has 2 nitrogen and oxygen atoms in total. The second-order valence-electron chi connectivity index (χ2n) is 3.91. The highest BCUT2D eigenvalue weighted by Crippen LogP contribution is 2.29. The molecule has 6 heteroatoms. The van der Waals surface area contributed by atoms with Crippen LogP contribution in [0.15, 0.2) is 36.4 Å². The van der Waals surface area contributed by atoms with Crippen LogP contribution >= 0.6 is 34.2 Å². The van der Waals surface area contributed by atoms with E-state index in [0.717, 1.165) is 3.57 Å². The van der Waals surface area contributed by atoms with Crippen LogP contribution in [0.5, 0.6) is 0 Å². The maximum atomic E-state index is 13.8. The van der Waals surface area contributed by atoms with E-state index in [1.165, 1.54) is 18.2 Å². The van der Waals surface area contributed by atoms with Gasteiger partial charge in [-0.15, -0.1) is 0 Å². The van der Waals surface area contributed by atoms with Gasteiger partial charge in [0.15, 0.2) is 0 Å². The van der Waals surface area contributed by atoms with Gasteiger partial charge < -0.3 is 0 Å². The molecule has 0 bridgehead atoms. The zero-order valence-electron chi connectivity index (χ0n) is 9.63. The molecule has 0 spiro atoms. The Labute approximate surface area is 128 Å². The van der Waals surface area contributed by atoms with E-state index in [-0.39, 0.29) is 5.56 Å². The number of hydrazine groups is 1. The molecular weight excluding hydrogens is 385 g/mol. The summed E-state index contributed by atoms with van der Waals surface area (Å²) in [6.07, 6.45) is 0. The Bertz CT molecular complexity index is 587. The van der Waals surface area contributed by atoms with Gasteiger partial charge >= 0.3 is 0 Å². The van der Waals surface area contributed by atoms with Crippen molar-refractivity contribution in [2.24, 2.45) is 5.84 Å². The van der Waals surface area contributed by atoms with E-state index >= 15 is 0 Å². The Kier molecular flexibility index (Phi) is 4.72. The Hall–Kier alpha value is -0.760. The molecule has 0 aliphatic rings. The van der Waals surface area contributed by atoms with Crippen LogP contribution in [-0.4, -0.2) is 0 Å². The smallest absolute Gasteiger partial charge is 0.131 e. The summed E-state index contributed by atoms with van der Waals surface area (Å²) in [6, 6.07) is 8.03. The maximum Gasteiger partial charge on any atom is 0.131 e. The molecule has 2 rings (SSSR count). The van der Waals surface area contributed by atoms with Crippen LogP contribution in [0, 0.1) is 15.2 Å². The largest absolute Gasteiger partial charge is 0.271 e. The lowest BCUT2D eigenvalue weighted by Crippen LogP contribution is -2.30. The molecule has 0 aliphatic carbocycles. The molecule has 1 unspecified atom stereocenters. The molecular formula is C13H10ClF2IN2. The van der Waals surface area contributed by atoms with Crippen LogP contribution in [0.4, 0.5) is 8.78 Å². The van der Waals surface area contributed by atoms with E-state index in [4.69, 9.17) is 17.4 Å². The van der Waals surface area contributed by atoms with Gasteiger partial charge in [-0.2, -0.15) is 0 Å². The molecule has 0 heterocycles. The third kappa shape index (κ3) is 3.05. The highest BCUT2D eigenvalue weighted by atomic mass is 127. The molecule has 0 aliphatic heterocycles. The third-order valence-corrected chi connectivity index (χ3v) is 4.30. The van der Waals surface area contributed by atoms with E-state index in [9.17, 15) is 8.78 Å². The number of hydrogen-bond acceptors (Lipinski definition) is 2. The first kappa shape index (κ1) is 14.6. The van der Waals surface area contributed by atoms with Crippen molar-refractivity contribution in [1.29, 1.82) is 0 Å². The molecule has 19 heavy (non-hydrogen) atoms. The summed E-state index contributed by atoms with van der Waals surface area (Å²) in [4.78, 5) is 0. The lowest BCUT2D eigenvalue weighted by molar-refractivity contribution is 0.510. The van der Waals surface area contributed by atoms with Crippen molar-refractivity contribution in [3.05, 3.63) is 67.8 Å². The van der Waals surface area contributed by atoms with Gasteiger partial charge in [0.1, 0.15) is 11.6 Å². The molecule has 2 aromatic carbocycles. The van der Waals surface area contributed by atoms with Crippen molar-refractivity contribution in [3.63, 3.8) is 0 Å². The fourth-order valence-corrected chi connectivity index (χ4v) is 2.35. The van der Waals surface area contributed by atoms with Gasteiger partial charge in [-0.1, -0.05) is 23.7 Å². The summed E-state index contributed by atoms with van der Waals surface area (Å²) in [5, 5.41) is 0.509. The monoisotopic (exact) mass is 394 g/mol. The van der Waals surface area contributed by atoms with Crippen molar-refractivity contribution in [3.8, 4) is 0 Å². The quantitative estimate of drug-likeness (QED) is 0.472. The van der Waals surface area contributed by atoms with Crippen molar-refractivity contribution in [1.82, 2.24) is 5.43 Å². The van der Waals surface area contributed by atoms with E-state index in [1.54, 1.807) is 18.2 Å². The molecule has 0 saturated heterocycles. The molecule has 100 valence electrons. The Morgan fingerprint density at radius 2 is 1.79 bits per heavy atom. The summed E-state index contributed by atoms with van der Waals surface area (Å²) in [7, 11) is 0. The zero-order chi connectivity index (χ0) is 14.0. The minimum atomic E-state index is -0.796. The van der Waals surface area contributed by atoms with Crippen LogP contribution in [0.2, 0.25) is 5.02 Å². The highest BCUT2D eigenvalue weighted by molar-refractivity contribution is 14.1. The fourth-order valence-electron chi connectivity index (χ4n) is 1.82. The predicted octanol–water partition coefficient (Wildman–Crippen LogP) is 3.78. The predicted molar refractivity (Wildman–Crippen MR) is 79.7 cm³/mol. The number of nitrogens with one attached hydrogen (secondary N) is 1. The molecule has 2 aromatic rings. The van der Waals surface area contributed by atoms with E-state index < -0.39 is 17.7 Å². The van der Waals surface area contributed by atoms with Gasteiger partial charge in [0.2, 0.25) is 0 Å². The summed E-state index contributed by atoms with van der Waals surface area (Å²) < 4.78 is 28.4. The fraction of sp³-hybridized carbons (Fsp3) is 0.0769. The number of benzene rings is 2. The number of halogens is 4. The molecule has 3 N–H and O–H groups in total. The number of nitrogens with two attached hydrogens (primary N) is 1. The summed E-state index contributed by atoms with van der Waals surface area (Å²) in [5.74, 6) is 4.12. The average molecular weight is 395 g/mol. The van der Waals surface area contributed by atoms with Crippen LogP contribution in [0.3, 0.4) is 0 Å². The van der Waals surface area contributed by atoms with E-state index in [2.05, 4.69) is 28.0 Å². The normalized spacial score (nSPS) is 12.5. The maximum absolute atomic E-state index is 13.8. The van der Waals surface area contributed by atoms with E-state index in [0.29, 0.717) is 10.6 Å². The SMILES string of the molecule is NNC(c1ccc(I)c(Cl)c1)c1c(F)cccc1F. The zero-order valence-corrected chi connectivity index (χ0v) is 12.5. The Morgan fingerprint density at radius 1 is 1.16 bits per heavy atom. The van der Waals surface area contributed by atoms with Gasteiger partial charge in [-0.3, -0.25) is 5.84 Å². The highest BCUT2D eigenvalue weighted by Gasteiger charge is 2.21. The molecule has 0 saturated carbocycles. The molecule has 0 radical (unpaired) electrons. The van der Waals surface area contributed by atoms with Crippen molar-refractivity contribution < 1.29 is 8.78 Å². The first-order chi connectivity index (χ1) is 9.04. The lowest BCUT2D eigenvalue weighted by atomic mass is 9.98. The average Bonchev–Trinajstić information content (AvgIpc) is 2.37. The third-order valence-electron chi connectivity index (χ3n) is 2.73. The second-order valence-corrected chi connectivity index (χ2v) is 5.48. The van der Waals surface area contributed by atoms with Gasteiger partial charge in [0.25, 0.3) is 0 Å². The van der Waals surface area contributed by atoms with Gasteiger partial charge in [0.05, 0.1) is 11.1 Å². The van der Waals surface area contributed by atoms with Gasteiger partial charge in [-0.05, 0) is 52.4 Å². The van der Waals surface area contributed by atoms with Crippen LogP contribution in [0.25, 0.3) is 0 Å². The molecule has 0 fully saturated rings. The number of rotatable bonds is 3. The topological polar surface area (TPSA) is 38.0 Å². The van der Waals surface area contributed by atoms with Crippen LogP contribution < -0.4 is 11.3 Å². The number of hydrogen-bond donors (Lipinski definition) is 2. The molecule has 0 aromatic heterocycles. The van der Waals surface area contributed by atoms with Crippen LogP contribution in [-0.2, 0) is 0 Å². The minimum absolute atomic E-state index is 0.123. The summed E-state index contributed by atoms with van der Waals surface area (Å²) >= 11 is 8.09. The standard InChI is InChI=1S/C13H10ClF2IN2/c14-8-6-7(4-5-11(8)17)13(19-18)12-9(15)2-1-3-10(12)16/h1-6,13,19H,18H2. The van der Waals surface area contributed by atoms with Gasteiger partial charge in [-0.25, -0.2) is 14.2 Å². The van der Waals surface area contributed by atoms with Crippen molar-refractivity contribution in [2.45, 2.75) is 6.04 Å². The summed E-state index contributed by atoms with van der Waals surface area (Å²) in [5.41, 5.74) is 2.89. The van der Waals surface area contributed by atoms with E-state index in [1.807, 2.05) is 0 Å². The Morgan fingerprint density at radius 3 is 2.32 bits per heavy atom. The van der Waals surface area contributed by atoms with Crippen molar-refractivity contribution in [2.75, 3.05) is 0 Å². The lowest BCUT2D eigenvalue weighted by Gasteiger charge is -2.18. The first-order valence-corrected chi connectivity index (χ1v) is 6.85. The molecule has 0 amide bonds. The van der Waals surface area contributed by atoms with Crippen LogP contribution in [0.1, 0.15) is 17.2 Å². The Balaban J connectivity index is 2.53. The molecule has 1 atom stereocenters. The minimum Gasteiger partial charge on any atom is -0.271 e. The van der Waals surface area contributed by atoms with Gasteiger partial charge in [0, 0.05) is 9.13 Å². The second kappa shape index (κ2) is 6.13. The van der Waals surface area contributed by atoms with Crippen molar-refractivity contribution >= 4 is 34.2 Å². The summed E-state index contributed by atoms with van der Waals surface area (Å²) in [6.45, 7) is 0. The first-order valence-electron chi connectivity index (χ1n) is 5.39.